The summed E-state index contributed by atoms with van der Waals surface area (Å²) >= 11 is 0. The van der Waals surface area contributed by atoms with E-state index in [1.807, 2.05) is 6.92 Å². The normalized spacial score (nSPS) is 11.4. The van der Waals surface area contributed by atoms with Crippen LogP contribution in [0.4, 0.5) is 36.3 Å². The Kier molecular flexibility index (Phi) is 7.98. The summed E-state index contributed by atoms with van der Waals surface area (Å²) in [6.07, 6.45) is -1.72. The summed E-state index contributed by atoms with van der Waals surface area (Å²) < 4.78 is 39.1. The van der Waals surface area contributed by atoms with Crippen molar-refractivity contribution in [2.75, 3.05) is 41.8 Å². The van der Waals surface area contributed by atoms with Gasteiger partial charge in [0, 0.05) is 36.2 Å². The van der Waals surface area contributed by atoms with Gasteiger partial charge in [0.05, 0.1) is 24.2 Å². The van der Waals surface area contributed by atoms with Gasteiger partial charge in [0.15, 0.2) is 5.65 Å². The highest BCUT2D eigenvalue weighted by Gasteiger charge is 2.31. The molecule has 4 rings (SSSR count). The SMILES string of the molecule is Cc1ccc(NC(=O)c2cccc(C(F)(F)F)c2)cc1Nc1ncnc2nc(N(CCO)CCO)ncc12. The fourth-order valence-corrected chi connectivity index (χ4v) is 3.65. The van der Waals surface area contributed by atoms with E-state index < -0.39 is 17.6 Å². The molecule has 0 aliphatic carbocycles. The number of carbonyl (C=O) groups is 1. The molecule has 13 heteroatoms. The summed E-state index contributed by atoms with van der Waals surface area (Å²) in [7, 11) is 0. The van der Waals surface area contributed by atoms with E-state index in [-0.39, 0.29) is 31.9 Å². The first kappa shape index (κ1) is 26.7. The number of aryl methyl sites for hydroxylation is 1. The molecule has 0 saturated heterocycles. The summed E-state index contributed by atoms with van der Waals surface area (Å²) in [5.41, 5.74) is 1.05. The number of anilines is 4. The van der Waals surface area contributed by atoms with Crippen molar-refractivity contribution >= 4 is 40.1 Å². The number of nitrogens with zero attached hydrogens (tertiary/aromatic N) is 5. The van der Waals surface area contributed by atoms with Gasteiger partial charge in [-0.1, -0.05) is 12.1 Å². The largest absolute Gasteiger partial charge is 0.416 e. The lowest BCUT2D eigenvalue weighted by Gasteiger charge is -2.20. The molecule has 10 nitrogen and oxygen atoms in total. The van der Waals surface area contributed by atoms with Gasteiger partial charge in [-0.15, -0.1) is 0 Å². The molecule has 0 saturated carbocycles. The average Bonchev–Trinajstić information content (AvgIpc) is 2.90. The highest BCUT2D eigenvalue weighted by atomic mass is 19.4. The summed E-state index contributed by atoms with van der Waals surface area (Å²) in [6.45, 7) is 2.02. The number of nitrogens with one attached hydrogen (secondary N) is 2. The second-order valence-corrected chi connectivity index (χ2v) is 8.25. The van der Waals surface area contributed by atoms with Crippen LogP contribution in [0.25, 0.3) is 11.0 Å². The molecule has 0 fully saturated rings. The Hall–Kier alpha value is -4.36. The van der Waals surface area contributed by atoms with Gasteiger partial charge in [-0.25, -0.2) is 15.0 Å². The van der Waals surface area contributed by atoms with E-state index in [1.165, 1.54) is 24.7 Å². The number of fused-ring (bicyclic) bond motifs is 1. The molecule has 2 heterocycles. The maximum atomic E-state index is 13.0. The highest BCUT2D eigenvalue weighted by molar-refractivity contribution is 6.04. The van der Waals surface area contributed by atoms with E-state index in [0.29, 0.717) is 34.2 Å². The highest BCUT2D eigenvalue weighted by Crippen LogP contribution is 2.30. The molecule has 0 atom stereocenters. The van der Waals surface area contributed by atoms with Crippen LogP contribution >= 0.6 is 0 Å². The molecule has 0 aliphatic heterocycles. The summed E-state index contributed by atoms with van der Waals surface area (Å²) in [5.74, 6) is -0.00256. The zero-order valence-electron chi connectivity index (χ0n) is 20.2. The van der Waals surface area contributed by atoms with Crippen LogP contribution in [0.1, 0.15) is 21.5 Å². The van der Waals surface area contributed by atoms with Crippen molar-refractivity contribution in [3.05, 3.63) is 71.7 Å². The molecule has 0 unspecified atom stereocenters. The monoisotopic (exact) mass is 527 g/mol. The standard InChI is InChI=1S/C25H24F3N7O3/c1-15-5-6-18(32-23(38)16-3-2-4-17(11-16)25(26,27)28)12-20(15)33-21-19-13-29-24(34-22(19)31-14-30-21)35(7-9-36)8-10-37/h2-6,11-14,36-37H,7-10H2,1H3,(H,32,38)(H,29,30,31,33,34). The first-order valence-corrected chi connectivity index (χ1v) is 11.5. The molecule has 2 aromatic carbocycles. The molecular weight excluding hydrogens is 503 g/mol. The predicted octanol–water partition coefficient (Wildman–Crippen LogP) is 3.53. The predicted molar refractivity (Wildman–Crippen MR) is 135 cm³/mol. The zero-order chi connectivity index (χ0) is 27.3. The molecule has 198 valence electrons. The second kappa shape index (κ2) is 11.4. The zero-order valence-corrected chi connectivity index (χ0v) is 20.2. The van der Waals surface area contributed by atoms with Gasteiger partial charge in [0.2, 0.25) is 5.95 Å². The van der Waals surface area contributed by atoms with Gasteiger partial charge >= 0.3 is 6.18 Å². The third-order valence-corrected chi connectivity index (χ3v) is 5.60. The first-order valence-electron chi connectivity index (χ1n) is 11.5. The molecular formula is C25H24F3N7O3. The van der Waals surface area contributed by atoms with Crippen LogP contribution in [-0.2, 0) is 6.18 Å². The van der Waals surface area contributed by atoms with Crippen molar-refractivity contribution in [3.8, 4) is 0 Å². The van der Waals surface area contributed by atoms with E-state index in [0.717, 1.165) is 17.7 Å². The summed E-state index contributed by atoms with van der Waals surface area (Å²) in [4.78, 5) is 31.5. The summed E-state index contributed by atoms with van der Waals surface area (Å²) in [5, 5.41) is 24.8. The second-order valence-electron chi connectivity index (χ2n) is 8.25. The Morgan fingerprint density at radius 1 is 1.03 bits per heavy atom. The number of alkyl halides is 3. The van der Waals surface area contributed by atoms with Crippen molar-refractivity contribution in [1.29, 1.82) is 0 Å². The first-order chi connectivity index (χ1) is 18.2. The Balaban J connectivity index is 1.58. The minimum atomic E-state index is -4.56. The summed E-state index contributed by atoms with van der Waals surface area (Å²) in [6, 6.07) is 9.20. The number of hydrogen-bond acceptors (Lipinski definition) is 9. The third-order valence-electron chi connectivity index (χ3n) is 5.60. The fraction of sp³-hybridized carbons (Fsp3) is 0.240. The Morgan fingerprint density at radius 2 is 1.79 bits per heavy atom. The van der Waals surface area contributed by atoms with Crippen LogP contribution in [-0.4, -0.2) is 62.4 Å². The third kappa shape index (κ3) is 6.12. The molecule has 2 aromatic heterocycles. The van der Waals surface area contributed by atoms with Gasteiger partial charge in [-0.05, 0) is 42.8 Å². The van der Waals surface area contributed by atoms with E-state index in [9.17, 15) is 28.2 Å². The number of halogens is 3. The molecule has 4 aromatic rings. The number of aliphatic hydroxyl groups is 2. The Morgan fingerprint density at radius 3 is 2.50 bits per heavy atom. The smallest absolute Gasteiger partial charge is 0.395 e. The molecule has 4 N–H and O–H groups in total. The van der Waals surface area contributed by atoms with Gasteiger partial charge in [0.25, 0.3) is 5.91 Å². The number of benzene rings is 2. The minimum absolute atomic E-state index is 0.124. The van der Waals surface area contributed by atoms with Crippen molar-refractivity contribution in [2.45, 2.75) is 13.1 Å². The van der Waals surface area contributed by atoms with Gasteiger partial charge in [0.1, 0.15) is 12.1 Å². The van der Waals surface area contributed by atoms with Crippen molar-refractivity contribution in [1.82, 2.24) is 19.9 Å². The van der Waals surface area contributed by atoms with Gasteiger partial charge < -0.3 is 25.7 Å². The van der Waals surface area contributed by atoms with Crippen LogP contribution in [0.2, 0.25) is 0 Å². The van der Waals surface area contributed by atoms with Gasteiger partial charge in [-0.3, -0.25) is 4.79 Å². The Labute approximate surface area is 215 Å². The van der Waals surface area contributed by atoms with Gasteiger partial charge in [-0.2, -0.15) is 18.2 Å². The molecule has 0 bridgehead atoms. The number of amides is 1. The molecule has 0 aliphatic rings. The maximum absolute atomic E-state index is 13.0. The van der Waals surface area contributed by atoms with E-state index >= 15 is 0 Å². The van der Waals surface area contributed by atoms with Crippen molar-refractivity contribution < 1.29 is 28.2 Å². The molecule has 0 spiro atoms. The topological polar surface area (TPSA) is 136 Å². The van der Waals surface area contributed by atoms with Crippen LogP contribution < -0.4 is 15.5 Å². The van der Waals surface area contributed by atoms with Crippen LogP contribution in [0.3, 0.4) is 0 Å². The van der Waals surface area contributed by atoms with Crippen LogP contribution in [0.15, 0.2) is 55.0 Å². The van der Waals surface area contributed by atoms with E-state index in [1.54, 1.807) is 23.1 Å². The lowest BCUT2D eigenvalue weighted by Crippen LogP contribution is -2.31. The minimum Gasteiger partial charge on any atom is -0.395 e. The molecule has 0 radical (unpaired) electrons. The van der Waals surface area contributed by atoms with Crippen LogP contribution in [0, 0.1) is 6.92 Å². The number of aromatic nitrogens is 4. The number of carbonyl (C=O) groups excluding carboxylic acids is 1. The van der Waals surface area contributed by atoms with E-state index in [4.69, 9.17) is 0 Å². The van der Waals surface area contributed by atoms with Crippen LogP contribution in [0.5, 0.6) is 0 Å². The van der Waals surface area contributed by atoms with Crippen molar-refractivity contribution in [3.63, 3.8) is 0 Å². The molecule has 1 amide bonds. The van der Waals surface area contributed by atoms with E-state index in [2.05, 4.69) is 30.6 Å². The maximum Gasteiger partial charge on any atom is 0.416 e. The molecule has 38 heavy (non-hydrogen) atoms. The average molecular weight is 528 g/mol. The quantitative estimate of drug-likeness (QED) is 0.258. The Bertz CT molecular complexity index is 1440. The fourth-order valence-electron chi connectivity index (χ4n) is 3.65. The lowest BCUT2D eigenvalue weighted by atomic mass is 10.1. The van der Waals surface area contributed by atoms with Crippen molar-refractivity contribution in [2.24, 2.45) is 0 Å². The number of hydrogen-bond donors (Lipinski definition) is 4. The number of rotatable bonds is 9. The lowest BCUT2D eigenvalue weighted by molar-refractivity contribution is -0.137. The number of aliphatic hydroxyl groups excluding tert-OH is 2.